The van der Waals surface area contributed by atoms with Crippen LogP contribution in [0.1, 0.15) is 34.3 Å². The number of hydrogen-bond acceptors (Lipinski definition) is 2. The van der Waals surface area contributed by atoms with Gasteiger partial charge in [-0.1, -0.05) is 24.3 Å². The first-order valence-corrected chi connectivity index (χ1v) is 8.77. The van der Waals surface area contributed by atoms with E-state index in [2.05, 4.69) is 0 Å². The van der Waals surface area contributed by atoms with Gasteiger partial charge in [-0.05, 0) is 67.0 Å². The minimum absolute atomic E-state index is 0.120. The third-order valence-corrected chi connectivity index (χ3v) is 5.20. The second kappa shape index (κ2) is 7.36. The van der Waals surface area contributed by atoms with Crippen LogP contribution >= 0.6 is 0 Å². The predicted octanol–water partition coefficient (Wildman–Crippen LogP) is 3.95. The summed E-state index contributed by atoms with van der Waals surface area (Å²) in [5, 5.41) is 9.19. The number of piperidine rings is 1. The molecule has 0 spiro atoms. The molecule has 0 unspecified atom stereocenters. The molecular weight excluding hydrogens is 317 g/mol. The van der Waals surface area contributed by atoms with Crippen molar-refractivity contribution in [1.29, 1.82) is 0 Å². The Labute approximate surface area is 148 Å². The van der Waals surface area contributed by atoms with Gasteiger partial charge in [-0.25, -0.2) is 4.39 Å². The molecule has 1 amide bonds. The van der Waals surface area contributed by atoms with Crippen molar-refractivity contribution in [2.45, 2.75) is 26.7 Å². The lowest BCUT2D eigenvalue weighted by molar-refractivity contribution is 0.0646. The number of nitrogens with zero attached hydrogens (tertiary/aromatic N) is 1. The predicted molar refractivity (Wildman–Crippen MR) is 97.0 cm³/mol. The first-order chi connectivity index (χ1) is 12.0. The second-order valence-corrected chi connectivity index (χ2v) is 6.91. The highest BCUT2D eigenvalue weighted by Crippen LogP contribution is 2.26. The molecule has 1 aliphatic heterocycles. The number of aliphatic hydroxyl groups excluding tert-OH is 1. The number of likely N-dealkylation sites (tertiary alicyclic amines) is 1. The van der Waals surface area contributed by atoms with Crippen LogP contribution in [-0.4, -0.2) is 35.6 Å². The summed E-state index contributed by atoms with van der Waals surface area (Å²) >= 11 is 0. The van der Waals surface area contributed by atoms with Crippen LogP contribution in [0.2, 0.25) is 0 Å². The Morgan fingerprint density at radius 2 is 1.72 bits per heavy atom. The number of aliphatic hydroxyl groups is 1. The Balaban J connectivity index is 1.80. The Morgan fingerprint density at radius 1 is 1.08 bits per heavy atom. The average molecular weight is 341 g/mol. The Hall–Kier alpha value is -2.20. The van der Waals surface area contributed by atoms with E-state index in [4.69, 9.17) is 0 Å². The standard InChI is InChI=1S/C21H24FNO2/c1-14-3-4-17(11-15(14)2)18-5-6-19(20(22)12-18)21(25)23-9-7-16(13-24)8-10-23/h3-6,11-12,16,24H,7-10,13H2,1-2H3. The van der Waals surface area contributed by atoms with Gasteiger partial charge in [-0.2, -0.15) is 0 Å². The molecule has 25 heavy (non-hydrogen) atoms. The number of carbonyl (C=O) groups excluding carboxylic acids is 1. The van der Waals surface area contributed by atoms with E-state index in [9.17, 15) is 14.3 Å². The van der Waals surface area contributed by atoms with Crippen molar-refractivity contribution in [1.82, 2.24) is 4.90 Å². The van der Waals surface area contributed by atoms with Crippen LogP contribution in [-0.2, 0) is 0 Å². The van der Waals surface area contributed by atoms with Gasteiger partial charge in [-0.15, -0.1) is 0 Å². The van der Waals surface area contributed by atoms with Gasteiger partial charge >= 0.3 is 0 Å². The maximum atomic E-state index is 14.6. The fourth-order valence-electron chi connectivity index (χ4n) is 3.28. The van der Waals surface area contributed by atoms with Crippen LogP contribution in [0, 0.1) is 25.6 Å². The molecule has 1 aliphatic rings. The number of carbonyl (C=O) groups is 1. The molecule has 0 aromatic heterocycles. The molecule has 3 rings (SSSR count). The number of rotatable bonds is 3. The molecule has 0 radical (unpaired) electrons. The number of amides is 1. The summed E-state index contributed by atoms with van der Waals surface area (Å²) in [6, 6.07) is 10.9. The van der Waals surface area contributed by atoms with Crippen LogP contribution in [0.25, 0.3) is 11.1 Å². The maximum absolute atomic E-state index is 14.6. The number of hydrogen-bond donors (Lipinski definition) is 1. The molecule has 0 bridgehead atoms. The lowest BCUT2D eigenvalue weighted by atomic mass is 9.96. The summed E-state index contributed by atoms with van der Waals surface area (Å²) in [5.74, 6) is -0.494. The quantitative estimate of drug-likeness (QED) is 0.918. The van der Waals surface area contributed by atoms with Crippen molar-refractivity contribution in [2.24, 2.45) is 5.92 Å². The summed E-state index contributed by atoms with van der Waals surface area (Å²) in [6.45, 7) is 5.37. The number of halogens is 1. The molecule has 2 aromatic rings. The second-order valence-electron chi connectivity index (χ2n) is 6.91. The van der Waals surface area contributed by atoms with E-state index < -0.39 is 5.82 Å². The van der Waals surface area contributed by atoms with E-state index in [0.29, 0.717) is 13.1 Å². The fraction of sp³-hybridized carbons (Fsp3) is 0.381. The number of aryl methyl sites for hydroxylation is 2. The van der Waals surface area contributed by atoms with Crippen molar-refractivity contribution in [3.8, 4) is 11.1 Å². The van der Waals surface area contributed by atoms with Gasteiger partial charge in [0.15, 0.2) is 0 Å². The van der Waals surface area contributed by atoms with Crippen molar-refractivity contribution in [2.75, 3.05) is 19.7 Å². The van der Waals surface area contributed by atoms with Crippen LogP contribution in [0.15, 0.2) is 36.4 Å². The maximum Gasteiger partial charge on any atom is 0.256 e. The SMILES string of the molecule is Cc1ccc(-c2ccc(C(=O)N3CCC(CO)CC3)c(F)c2)cc1C. The minimum atomic E-state index is -0.481. The van der Waals surface area contributed by atoms with Crippen molar-refractivity contribution in [3.05, 3.63) is 58.9 Å². The average Bonchev–Trinajstić information content (AvgIpc) is 2.63. The summed E-state index contributed by atoms with van der Waals surface area (Å²) in [5.41, 5.74) is 4.20. The smallest absolute Gasteiger partial charge is 0.256 e. The lowest BCUT2D eigenvalue weighted by Gasteiger charge is -2.31. The van der Waals surface area contributed by atoms with Gasteiger partial charge in [0.1, 0.15) is 5.82 Å². The van der Waals surface area contributed by atoms with Gasteiger partial charge in [0.05, 0.1) is 5.56 Å². The molecule has 4 heteroatoms. The summed E-state index contributed by atoms with van der Waals surface area (Å²) in [4.78, 5) is 14.3. The van der Waals surface area contributed by atoms with E-state index >= 15 is 0 Å². The molecule has 0 saturated carbocycles. The fourth-order valence-corrected chi connectivity index (χ4v) is 3.28. The zero-order valence-electron chi connectivity index (χ0n) is 14.8. The van der Waals surface area contributed by atoms with Crippen molar-refractivity contribution < 1.29 is 14.3 Å². The first-order valence-electron chi connectivity index (χ1n) is 8.77. The highest BCUT2D eigenvalue weighted by atomic mass is 19.1. The molecule has 3 nitrogen and oxygen atoms in total. The summed E-state index contributed by atoms with van der Waals surface area (Å²) < 4.78 is 14.6. The molecule has 1 N–H and O–H groups in total. The van der Waals surface area contributed by atoms with Gasteiger partial charge in [-0.3, -0.25) is 4.79 Å². The van der Waals surface area contributed by atoms with E-state index in [1.54, 1.807) is 17.0 Å². The molecule has 2 aromatic carbocycles. The van der Waals surface area contributed by atoms with E-state index in [-0.39, 0.29) is 24.0 Å². The summed E-state index contributed by atoms with van der Waals surface area (Å²) in [6.07, 6.45) is 1.54. The third-order valence-electron chi connectivity index (χ3n) is 5.20. The molecular formula is C21H24FNO2. The Morgan fingerprint density at radius 3 is 2.32 bits per heavy atom. The van der Waals surface area contributed by atoms with Gasteiger partial charge < -0.3 is 10.0 Å². The molecule has 0 aliphatic carbocycles. The highest BCUT2D eigenvalue weighted by molar-refractivity contribution is 5.95. The zero-order chi connectivity index (χ0) is 18.0. The topological polar surface area (TPSA) is 40.5 Å². The normalized spacial score (nSPS) is 15.4. The Kier molecular flexibility index (Phi) is 5.19. The largest absolute Gasteiger partial charge is 0.396 e. The van der Waals surface area contributed by atoms with E-state index in [1.807, 2.05) is 32.0 Å². The zero-order valence-corrected chi connectivity index (χ0v) is 14.8. The molecule has 1 fully saturated rings. The lowest BCUT2D eigenvalue weighted by Crippen LogP contribution is -2.39. The third kappa shape index (κ3) is 3.74. The minimum Gasteiger partial charge on any atom is -0.396 e. The van der Waals surface area contributed by atoms with Crippen molar-refractivity contribution >= 4 is 5.91 Å². The highest BCUT2D eigenvalue weighted by Gasteiger charge is 2.25. The van der Waals surface area contributed by atoms with Crippen LogP contribution in [0.3, 0.4) is 0 Å². The van der Waals surface area contributed by atoms with Crippen LogP contribution in [0.4, 0.5) is 4.39 Å². The molecule has 0 atom stereocenters. The van der Waals surface area contributed by atoms with Crippen LogP contribution < -0.4 is 0 Å². The monoisotopic (exact) mass is 341 g/mol. The Bertz CT molecular complexity index is 779. The van der Waals surface area contributed by atoms with E-state index in [0.717, 1.165) is 29.5 Å². The molecule has 132 valence electrons. The molecule has 1 heterocycles. The van der Waals surface area contributed by atoms with Gasteiger partial charge in [0.2, 0.25) is 0 Å². The van der Waals surface area contributed by atoms with Crippen molar-refractivity contribution in [3.63, 3.8) is 0 Å². The number of benzene rings is 2. The molecule has 1 saturated heterocycles. The van der Waals surface area contributed by atoms with E-state index in [1.165, 1.54) is 11.6 Å². The van der Waals surface area contributed by atoms with Gasteiger partial charge in [0, 0.05) is 19.7 Å². The summed E-state index contributed by atoms with van der Waals surface area (Å²) in [7, 11) is 0. The van der Waals surface area contributed by atoms with Crippen LogP contribution in [0.5, 0.6) is 0 Å². The van der Waals surface area contributed by atoms with Gasteiger partial charge in [0.25, 0.3) is 5.91 Å². The first kappa shape index (κ1) is 17.6.